The van der Waals surface area contributed by atoms with Crippen LogP contribution in [0.1, 0.15) is 20.3 Å². The average molecular weight is 217 g/mol. The number of nitrogens with one attached hydrogen (secondary N) is 1. The van der Waals surface area contributed by atoms with E-state index in [1.807, 2.05) is 25.8 Å². The van der Waals surface area contributed by atoms with Crippen LogP contribution in [0.4, 0.5) is 0 Å². The molecule has 0 radical (unpaired) electrons. The van der Waals surface area contributed by atoms with Gasteiger partial charge in [0, 0.05) is 19.0 Å². The van der Waals surface area contributed by atoms with Gasteiger partial charge in [0.2, 0.25) is 5.91 Å². The minimum atomic E-state index is 0.0322. The molecule has 0 aliphatic carbocycles. The summed E-state index contributed by atoms with van der Waals surface area (Å²) in [6.45, 7) is 4.95. The molecule has 4 nitrogen and oxygen atoms in total. The average Bonchev–Trinajstić information content (AvgIpc) is 2.02. The summed E-state index contributed by atoms with van der Waals surface area (Å²) in [5.74, 6) is 0.0322. The van der Waals surface area contributed by atoms with Crippen molar-refractivity contribution in [3.05, 3.63) is 0 Å². The number of hydrogen-bond donors (Lipinski definition) is 2. The van der Waals surface area contributed by atoms with E-state index in [9.17, 15) is 4.79 Å². The van der Waals surface area contributed by atoms with Crippen LogP contribution in [0.5, 0.6) is 0 Å². The van der Waals surface area contributed by atoms with E-state index in [1.165, 1.54) is 0 Å². The van der Waals surface area contributed by atoms with Crippen LogP contribution in [0.25, 0.3) is 0 Å². The number of nitrogens with two attached hydrogens (primary N) is 1. The summed E-state index contributed by atoms with van der Waals surface area (Å²) in [5, 5.41) is 2.74. The van der Waals surface area contributed by atoms with E-state index >= 15 is 0 Å². The normalized spacial score (nSPS) is 12.6. The van der Waals surface area contributed by atoms with Crippen molar-refractivity contribution in [3.63, 3.8) is 0 Å². The van der Waals surface area contributed by atoms with Crippen molar-refractivity contribution in [1.29, 1.82) is 0 Å². The van der Waals surface area contributed by atoms with Gasteiger partial charge in [0.15, 0.2) is 0 Å². The fourth-order valence-electron chi connectivity index (χ4n) is 1.08. The number of carbonyl (C=O) groups is 1. The zero-order valence-electron chi connectivity index (χ0n) is 9.04. The lowest BCUT2D eigenvalue weighted by Gasteiger charge is -2.23. The number of carbonyl (C=O) groups excluding carboxylic acids is 1. The third-order valence-corrected chi connectivity index (χ3v) is 2.18. The molecule has 0 heterocycles. The van der Waals surface area contributed by atoms with Gasteiger partial charge < -0.3 is 11.1 Å². The molecule has 0 aromatic heterocycles. The lowest BCUT2D eigenvalue weighted by atomic mass is 10.2. The first-order valence-electron chi connectivity index (χ1n) is 4.72. The van der Waals surface area contributed by atoms with Crippen molar-refractivity contribution < 1.29 is 4.79 Å². The molecule has 0 aromatic carbocycles. The van der Waals surface area contributed by atoms with Crippen LogP contribution >= 0.6 is 12.2 Å². The Kier molecular flexibility index (Phi) is 6.40. The van der Waals surface area contributed by atoms with E-state index in [0.717, 1.165) is 0 Å². The molecule has 1 unspecified atom stereocenters. The summed E-state index contributed by atoms with van der Waals surface area (Å²) in [7, 11) is 1.89. The number of hydrogen-bond acceptors (Lipinski definition) is 3. The molecule has 0 aliphatic heterocycles. The maximum Gasteiger partial charge on any atom is 0.234 e. The highest BCUT2D eigenvalue weighted by Gasteiger charge is 2.12. The van der Waals surface area contributed by atoms with Crippen LogP contribution in [-0.2, 0) is 4.79 Å². The fraction of sp³-hybridized carbons (Fsp3) is 0.778. The molecule has 14 heavy (non-hydrogen) atoms. The van der Waals surface area contributed by atoms with Gasteiger partial charge in [-0.25, -0.2) is 0 Å². The van der Waals surface area contributed by atoms with Gasteiger partial charge in [-0.15, -0.1) is 0 Å². The first-order chi connectivity index (χ1) is 6.47. The molecular formula is C9H19N3OS. The summed E-state index contributed by atoms with van der Waals surface area (Å²) >= 11 is 4.81. The smallest absolute Gasteiger partial charge is 0.234 e. The standard InChI is InChI=1S/C9H19N3OS/c1-4-11-9(13)6-12(3)7(2)5-8(10)14/h7H,4-6H2,1-3H3,(H2,10,14)(H,11,13). The van der Waals surface area contributed by atoms with E-state index < -0.39 is 0 Å². The van der Waals surface area contributed by atoms with Gasteiger partial charge in [0.05, 0.1) is 11.5 Å². The van der Waals surface area contributed by atoms with Crippen LogP contribution in [0.2, 0.25) is 0 Å². The van der Waals surface area contributed by atoms with E-state index in [-0.39, 0.29) is 11.9 Å². The second kappa shape index (κ2) is 6.73. The van der Waals surface area contributed by atoms with Gasteiger partial charge in [-0.2, -0.15) is 0 Å². The Balaban J connectivity index is 3.87. The van der Waals surface area contributed by atoms with Gasteiger partial charge in [0.1, 0.15) is 0 Å². The minimum Gasteiger partial charge on any atom is -0.393 e. The molecule has 0 fully saturated rings. The summed E-state index contributed by atoms with van der Waals surface area (Å²) in [6, 6.07) is 0.204. The maximum absolute atomic E-state index is 11.2. The fourth-order valence-corrected chi connectivity index (χ4v) is 1.32. The van der Waals surface area contributed by atoms with Crippen LogP contribution < -0.4 is 11.1 Å². The van der Waals surface area contributed by atoms with Gasteiger partial charge >= 0.3 is 0 Å². The van der Waals surface area contributed by atoms with Crippen molar-refractivity contribution in [2.45, 2.75) is 26.3 Å². The second-order valence-corrected chi connectivity index (χ2v) is 3.91. The molecule has 0 spiro atoms. The lowest BCUT2D eigenvalue weighted by molar-refractivity contribution is -0.122. The van der Waals surface area contributed by atoms with Gasteiger partial charge in [-0.3, -0.25) is 9.69 Å². The Labute approximate surface area is 90.8 Å². The maximum atomic E-state index is 11.2. The summed E-state index contributed by atoms with van der Waals surface area (Å²) in [5.41, 5.74) is 5.42. The Morgan fingerprint density at radius 1 is 1.64 bits per heavy atom. The van der Waals surface area contributed by atoms with Crippen molar-refractivity contribution in [1.82, 2.24) is 10.2 Å². The number of rotatable bonds is 6. The second-order valence-electron chi connectivity index (χ2n) is 3.39. The van der Waals surface area contributed by atoms with E-state index in [1.54, 1.807) is 0 Å². The quantitative estimate of drug-likeness (QED) is 0.620. The number of thiocarbonyl (C=S) groups is 1. The molecule has 1 atom stereocenters. The predicted molar refractivity (Wildman–Crippen MR) is 62.2 cm³/mol. The molecule has 5 heteroatoms. The van der Waals surface area contributed by atoms with E-state index in [2.05, 4.69) is 5.32 Å². The summed E-state index contributed by atoms with van der Waals surface area (Å²) in [4.78, 5) is 13.6. The molecule has 0 saturated heterocycles. The molecule has 1 amide bonds. The Morgan fingerprint density at radius 2 is 2.21 bits per heavy atom. The molecule has 0 aliphatic rings. The number of amides is 1. The van der Waals surface area contributed by atoms with Crippen LogP contribution in [0, 0.1) is 0 Å². The van der Waals surface area contributed by atoms with Crippen molar-refractivity contribution in [2.75, 3.05) is 20.1 Å². The molecule has 0 aromatic rings. The third kappa shape index (κ3) is 5.88. The van der Waals surface area contributed by atoms with Gasteiger partial charge in [-0.1, -0.05) is 12.2 Å². The van der Waals surface area contributed by atoms with Crippen molar-refractivity contribution in [3.8, 4) is 0 Å². The monoisotopic (exact) mass is 217 g/mol. The van der Waals surface area contributed by atoms with Crippen molar-refractivity contribution >= 4 is 23.1 Å². The largest absolute Gasteiger partial charge is 0.393 e. The SMILES string of the molecule is CCNC(=O)CN(C)C(C)CC(N)=S. The third-order valence-electron chi connectivity index (χ3n) is 2.02. The highest BCUT2D eigenvalue weighted by atomic mass is 32.1. The lowest BCUT2D eigenvalue weighted by Crippen LogP contribution is -2.40. The first-order valence-corrected chi connectivity index (χ1v) is 5.13. The molecule has 0 bridgehead atoms. The summed E-state index contributed by atoms with van der Waals surface area (Å²) in [6.07, 6.45) is 0.644. The highest BCUT2D eigenvalue weighted by Crippen LogP contribution is 2.00. The topological polar surface area (TPSA) is 58.4 Å². The van der Waals surface area contributed by atoms with Crippen LogP contribution in [-0.4, -0.2) is 42.0 Å². The molecular weight excluding hydrogens is 198 g/mol. The zero-order chi connectivity index (χ0) is 11.1. The highest BCUT2D eigenvalue weighted by molar-refractivity contribution is 7.80. The van der Waals surface area contributed by atoms with Gasteiger partial charge in [0.25, 0.3) is 0 Å². The van der Waals surface area contributed by atoms with E-state index in [4.69, 9.17) is 18.0 Å². The van der Waals surface area contributed by atoms with Crippen LogP contribution in [0.15, 0.2) is 0 Å². The molecule has 82 valence electrons. The zero-order valence-corrected chi connectivity index (χ0v) is 9.86. The van der Waals surface area contributed by atoms with E-state index in [0.29, 0.717) is 24.5 Å². The summed E-state index contributed by atoms with van der Waals surface area (Å²) < 4.78 is 0. The minimum absolute atomic E-state index is 0.0322. The Hall–Kier alpha value is -0.680. The number of likely N-dealkylation sites (N-methyl/N-ethyl adjacent to an activating group) is 2. The molecule has 0 saturated carbocycles. The van der Waals surface area contributed by atoms with Crippen molar-refractivity contribution in [2.24, 2.45) is 5.73 Å². The Bertz CT molecular complexity index is 208. The predicted octanol–water partition coefficient (Wildman–Crippen LogP) is 0.119. The first kappa shape index (κ1) is 13.3. The molecule has 0 rings (SSSR count). The number of nitrogens with zero attached hydrogens (tertiary/aromatic N) is 1. The van der Waals surface area contributed by atoms with Crippen LogP contribution in [0.3, 0.4) is 0 Å². The van der Waals surface area contributed by atoms with Gasteiger partial charge in [-0.05, 0) is 20.9 Å². The Morgan fingerprint density at radius 3 is 2.64 bits per heavy atom. The molecule has 3 N–H and O–H groups in total.